The topological polar surface area (TPSA) is 84.2 Å². The van der Waals surface area contributed by atoms with Gasteiger partial charge in [-0.05, 0) is 6.07 Å². The van der Waals surface area contributed by atoms with E-state index in [1.807, 2.05) is 0 Å². The molecule has 0 unspecified atom stereocenters. The smallest absolute Gasteiger partial charge is 0.435 e. The lowest BCUT2D eigenvalue weighted by Crippen LogP contribution is -2.28. The van der Waals surface area contributed by atoms with Gasteiger partial charge in [-0.1, -0.05) is 6.08 Å². The van der Waals surface area contributed by atoms with Crippen molar-refractivity contribution in [2.75, 3.05) is 6.54 Å². The van der Waals surface area contributed by atoms with E-state index in [2.05, 4.69) is 10.4 Å². The normalized spacial score (nSPS) is 11.7. The predicted octanol–water partition coefficient (Wildman–Crippen LogP) is 0.659. The first-order valence-corrected chi connectivity index (χ1v) is 5.06. The van der Waals surface area contributed by atoms with Gasteiger partial charge in [-0.15, -0.1) is 0 Å². The number of hydrogen-bond donors (Lipinski definition) is 2. The summed E-state index contributed by atoms with van der Waals surface area (Å²) in [6.45, 7) is -0.407. The third-order valence-corrected chi connectivity index (χ3v) is 1.91. The molecule has 0 aromatic carbocycles. The predicted molar refractivity (Wildman–Crippen MR) is 57.0 cm³/mol. The highest BCUT2D eigenvalue weighted by atomic mass is 19.4. The highest BCUT2D eigenvalue weighted by molar-refractivity contribution is 5.80. The number of rotatable bonds is 5. The molecule has 1 rings (SSSR count). The van der Waals surface area contributed by atoms with Crippen LogP contribution in [0.25, 0.3) is 0 Å². The summed E-state index contributed by atoms with van der Waals surface area (Å²) < 4.78 is 37.5. The molecule has 0 aliphatic carbocycles. The van der Waals surface area contributed by atoms with Crippen molar-refractivity contribution in [3.63, 3.8) is 0 Å². The Morgan fingerprint density at radius 2 is 2.16 bits per heavy atom. The molecule has 0 atom stereocenters. The Morgan fingerprint density at radius 1 is 1.47 bits per heavy atom. The summed E-state index contributed by atoms with van der Waals surface area (Å²) in [6.07, 6.45) is -1.47. The van der Waals surface area contributed by atoms with Crippen LogP contribution in [0.4, 0.5) is 13.2 Å². The van der Waals surface area contributed by atoms with Gasteiger partial charge >= 0.3 is 12.1 Å². The summed E-state index contributed by atoms with van der Waals surface area (Å²) >= 11 is 0. The average molecular weight is 277 g/mol. The Balaban J connectivity index is 2.45. The first-order chi connectivity index (χ1) is 8.79. The van der Waals surface area contributed by atoms with Crippen LogP contribution >= 0.6 is 0 Å². The quantitative estimate of drug-likeness (QED) is 0.774. The summed E-state index contributed by atoms with van der Waals surface area (Å²) in [5, 5.41) is 13.8. The van der Waals surface area contributed by atoms with Crippen LogP contribution in [0.3, 0.4) is 0 Å². The first kappa shape index (κ1) is 14.7. The number of carboxylic acid groups (broad SMARTS) is 1. The largest absolute Gasteiger partial charge is 0.478 e. The van der Waals surface area contributed by atoms with Crippen molar-refractivity contribution in [1.29, 1.82) is 0 Å². The molecule has 0 bridgehead atoms. The second-order valence-electron chi connectivity index (χ2n) is 3.44. The van der Waals surface area contributed by atoms with E-state index >= 15 is 0 Å². The van der Waals surface area contributed by atoms with Crippen LogP contribution in [-0.4, -0.2) is 33.3 Å². The Morgan fingerprint density at radius 3 is 2.68 bits per heavy atom. The van der Waals surface area contributed by atoms with Crippen molar-refractivity contribution >= 4 is 11.9 Å². The van der Waals surface area contributed by atoms with E-state index in [1.54, 1.807) is 0 Å². The summed E-state index contributed by atoms with van der Waals surface area (Å²) in [5.41, 5.74) is -1.08. The van der Waals surface area contributed by atoms with Crippen LogP contribution in [0.2, 0.25) is 0 Å². The fraction of sp³-hybridized carbons (Fsp3) is 0.300. The zero-order valence-electron chi connectivity index (χ0n) is 9.52. The number of carbonyl (C=O) groups is 2. The minimum Gasteiger partial charge on any atom is -0.478 e. The molecule has 1 aromatic rings. The van der Waals surface area contributed by atoms with Gasteiger partial charge in [0.15, 0.2) is 5.69 Å². The molecule has 0 radical (unpaired) electrons. The van der Waals surface area contributed by atoms with E-state index in [0.717, 1.165) is 23.0 Å². The molecule has 0 fully saturated rings. The molecule has 1 amide bonds. The Kier molecular flexibility index (Phi) is 4.67. The highest BCUT2D eigenvalue weighted by Crippen LogP contribution is 2.27. The molecule has 6 nitrogen and oxygen atoms in total. The minimum atomic E-state index is -4.55. The lowest BCUT2D eigenvalue weighted by molar-refractivity contribution is -0.141. The number of nitrogens with one attached hydrogen (secondary N) is 1. The molecular formula is C10H10F3N3O3. The fourth-order valence-corrected chi connectivity index (χ4v) is 1.14. The summed E-state index contributed by atoms with van der Waals surface area (Å²) in [7, 11) is 0. The first-order valence-electron chi connectivity index (χ1n) is 5.06. The van der Waals surface area contributed by atoms with E-state index < -0.39 is 23.7 Å². The van der Waals surface area contributed by atoms with Crippen LogP contribution in [-0.2, 0) is 22.3 Å². The molecule has 9 heteroatoms. The monoisotopic (exact) mass is 277 g/mol. The zero-order chi connectivity index (χ0) is 14.5. The fourth-order valence-electron chi connectivity index (χ4n) is 1.14. The maximum atomic E-state index is 12.2. The van der Waals surface area contributed by atoms with Gasteiger partial charge in [-0.25, -0.2) is 4.79 Å². The van der Waals surface area contributed by atoms with Gasteiger partial charge < -0.3 is 10.4 Å². The Bertz CT molecular complexity index is 494. The molecule has 0 saturated heterocycles. The number of aromatic nitrogens is 2. The van der Waals surface area contributed by atoms with Gasteiger partial charge in [0.25, 0.3) is 0 Å². The average Bonchev–Trinajstić information content (AvgIpc) is 2.72. The van der Waals surface area contributed by atoms with Crippen LogP contribution in [0, 0.1) is 0 Å². The van der Waals surface area contributed by atoms with E-state index in [0.29, 0.717) is 0 Å². The molecule has 19 heavy (non-hydrogen) atoms. The summed E-state index contributed by atoms with van der Waals surface area (Å²) in [4.78, 5) is 21.4. The molecular weight excluding hydrogens is 267 g/mol. The molecule has 2 N–H and O–H groups in total. The number of alkyl halides is 3. The van der Waals surface area contributed by atoms with E-state index in [9.17, 15) is 22.8 Å². The third-order valence-electron chi connectivity index (χ3n) is 1.91. The number of halogens is 3. The van der Waals surface area contributed by atoms with Crippen molar-refractivity contribution in [3.05, 3.63) is 30.1 Å². The number of carbonyl (C=O) groups excluding carboxylic acids is 1. The molecule has 0 aliphatic heterocycles. The van der Waals surface area contributed by atoms with Gasteiger partial charge in [0.05, 0.1) is 0 Å². The number of carboxylic acids is 1. The SMILES string of the molecule is O=C(O)/C=C/CNC(=O)Cn1ccc(C(F)(F)F)n1. The van der Waals surface area contributed by atoms with Crippen LogP contribution in [0.5, 0.6) is 0 Å². The third kappa shape index (κ3) is 5.23. The van der Waals surface area contributed by atoms with Crippen LogP contribution < -0.4 is 5.32 Å². The molecule has 0 spiro atoms. The van der Waals surface area contributed by atoms with Gasteiger partial charge in [-0.2, -0.15) is 18.3 Å². The summed E-state index contributed by atoms with van der Waals surface area (Å²) in [5.74, 6) is -1.73. The standard InChI is InChI=1S/C10H10F3N3O3/c11-10(12,13)7-3-5-16(15-7)6-8(17)14-4-1-2-9(18)19/h1-3,5H,4,6H2,(H,14,17)(H,18,19)/b2-1+. The van der Waals surface area contributed by atoms with Crippen molar-refractivity contribution in [2.24, 2.45) is 0 Å². The van der Waals surface area contributed by atoms with E-state index in [1.165, 1.54) is 6.08 Å². The maximum Gasteiger partial charge on any atom is 0.435 e. The van der Waals surface area contributed by atoms with Gasteiger partial charge in [-0.3, -0.25) is 9.48 Å². The number of aliphatic carboxylic acids is 1. The molecule has 0 saturated carbocycles. The van der Waals surface area contributed by atoms with Gasteiger partial charge in [0.2, 0.25) is 5.91 Å². The highest BCUT2D eigenvalue weighted by Gasteiger charge is 2.33. The minimum absolute atomic E-state index is 0.0292. The molecule has 1 heterocycles. The molecule has 104 valence electrons. The lowest BCUT2D eigenvalue weighted by atomic mass is 10.4. The second-order valence-corrected chi connectivity index (χ2v) is 3.44. The molecule has 0 aliphatic rings. The zero-order valence-corrected chi connectivity index (χ0v) is 9.52. The summed E-state index contributed by atoms with van der Waals surface area (Å²) in [6, 6.07) is 0.762. The van der Waals surface area contributed by atoms with Gasteiger partial charge in [0.1, 0.15) is 6.54 Å². The Labute approximate surface area is 105 Å². The van der Waals surface area contributed by atoms with Crippen molar-refractivity contribution in [3.8, 4) is 0 Å². The van der Waals surface area contributed by atoms with E-state index in [-0.39, 0.29) is 13.1 Å². The van der Waals surface area contributed by atoms with Crippen LogP contribution in [0.15, 0.2) is 24.4 Å². The van der Waals surface area contributed by atoms with Gasteiger partial charge in [0, 0.05) is 18.8 Å². The van der Waals surface area contributed by atoms with Crippen LogP contribution in [0.1, 0.15) is 5.69 Å². The maximum absolute atomic E-state index is 12.2. The second kappa shape index (κ2) is 6.03. The number of amides is 1. The molecule has 1 aromatic heterocycles. The number of hydrogen-bond acceptors (Lipinski definition) is 3. The number of nitrogens with zero attached hydrogens (tertiary/aromatic N) is 2. The lowest BCUT2D eigenvalue weighted by Gasteiger charge is -2.03. The van der Waals surface area contributed by atoms with Crippen molar-refractivity contribution in [2.45, 2.75) is 12.7 Å². The van der Waals surface area contributed by atoms with Crippen molar-refractivity contribution < 1.29 is 27.9 Å². The Hall–Kier alpha value is -2.32. The van der Waals surface area contributed by atoms with Crippen molar-refractivity contribution in [1.82, 2.24) is 15.1 Å². The van der Waals surface area contributed by atoms with E-state index in [4.69, 9.17) is 5.11 Å².